The number of rotatable bonds is 8. The van der Waals surface area contributed by atoms with Crippen LogP contribution in [0.3, 0.4) is 0 Å². The molecule has 226 valence electrons. The van der Waals surface area contributed by atoms with Gasteiger partial charge in [0, 0.05) is 36.8 Å². The zero-order chi connectivity index (χ0) is 31.4. The highest BCUT2D eigenvalue weighted by Crippen LogP contribution is 2.44. The second-order valence-electron chi connectivity index (χ2n) is 11.1. The minimum atomic E-state index is -0.552. The lowest BCUT2D eigenvalue weighted by molar-refractivity contribution is -0.132. The average Bonchev–Trinajstić information content (AvgIpc) is 3.02. The number of benzene rings is 2. The number of anilines is 2. The van der Waals surface area contributed by atoms with Gasteiger partial charge in [0.15, 0.2) is 0 Å². The molecule has 0 radical (unpaired) electrons. The molecule has 2 amide bonds. The molecule has 2 aromatic carbocycles. The van der Waals surface area contributed by atoms with Crippen molar-refractivity contribution in [2.24, 2.45) is 0 Å². The SMILES string of the molecule is CC(=O)Oc1c(C)c(C)c2c(c1C)CCC(C)(COc1ccc(NC(=O)c3ccc(NC(=O)c4cccnc4)nc3)cc1)O2. The lowest BCUT2D eigenvalue weighted by atomic mass is 9.87. The topological polar surface area (TPSA) is 129 Å². The summed E-state index contributed by atoms with van der Waals surface area (Å²) < 4.78 is 18.1. The number of pyridine rings is 2. The van der Waals surface area contributed by atoms with Crippen molar-refractivity contribution < 1.29 is 28.6 Å². The molecule has 0 bridgehead atoms. The van der Waals surface area contributed by atoms with Gasteiger partial charge in [-0.05, 0) is 106 Å². The molecule has 2 N–H and O–H groups in total. The molecule has 1 aliphatic heterocycles. The summed E-state index contributed by atoms with van der Waals surface area (Å²) in [6.07, 6.45) is 5.95. The highest BCUT2D eigenvalue weighted by atomic mass is 16.5. The molecule has 10 nitrogen and oxygen atoms in total. The van der Waals surface area contributed by atoms with Crippen LogP contribution < -0.4 is 24.8 Å². The first-order valence-corrected chi connectivity index (χ1v) is 14.2. The second-order valence-corrected chi connectivity index (χ2v) is 11.1. The molecule has 0 saturated carbocycles. The molecule has 44 heavy (non-hydrogen) atoms. The number of aromatic nitrogens is 2. The van der Waals surface area contributed by atoms with E-state index in [2.05, 4.69) is 20.6 Å². The summed E-state index contributed by atoms with van der Waals surface area (Å²) in [6, 6.07) is 13.6. The molecule has 4 aromatic rings. The van der Waals surface area contributed by atoms with Gasteiger partial charge in [0.1, 0.15) is 35.3 Å². The largest absolute Gasteiger partial charge is 0.489 e. The third-order valence-electron chi connectivity index (χ3n) is 7.66. The number of fused-ring (bicyclic) bond motifs is 1. The Morgan fingerprint density at radius 2 is 1.64 bits per heavy atom. The van der Waals surface area contributed by atoms with Crippen molar-refractivity contribution in [3.8, 4) is 17.2 Å². The second kappa shape index (κ2) is 12.5. The maximum absolute atomic E-state index is 12.8. The number of carbonyl (C=O) groups is 3. The Labute approximate surface area is 255 Å². The molecule has 10 heteroatoms. The lowest BCUT2D eigenvalue weighted by Gasteiger charge is -2.37. The van der Waals surface area contributed by atoms with Gasteiger partial charge in [-0.3, -0.25) is 19.4 Å². The van der Waals surface area contributed by atoms with E-state index in [4.69, 9.17) is 14.2 Å². The maximum Gasteiger partial charge on any atom is 0.308 e. The fraction of sp³-hybridized carbons (Fsp3) is 0.265. The number of ether oxygens (including phenoxy) is 3. The zero-order valence-electron chi connectivity index (χ0n) is 25.3. The standard InChI is InChI=1S/C34H34N4O6/c1-20-21(2)31-28(22(3)30(20)43-23(4)39)14-15-34(5,44-31)19-42-27-11-9-26(10-12-27)37-32(40)25-8-13-29(36-18-25)38-33(41)24-7-6-16-35-17-24/h6-13,16-18H,14-15,19H2,1-5H3,(H,37,40)(H,36,38,41). The van der Waals surface area contributed by atoms with E-state index in [9.17, 15) is 14.4 Å². The molecular formula is C34H34N4O6. The van der Waals surface area contributed by atoms with Gasteiger partial charge in [0.2, 0.25) is 0 Å². The van der Waals surface area contributed by atoms with Crippen LogP contribution in [0.4, 0.5) is 11.5 Å². The van der Waals surface area contributed by atoms with Crippen molar-refractivity contribution in [1.82, 2.24) is 9.97 Å². The number of nitrogens with one attached hydrogen (secondary N) is 2. The van der Waals surface area contributed by atoms with Crippen molar-refractivity contribution in [2.45, 2.75) is 53.1 Å². The summed E-state index contributed by atoms with van der Waals surface area (Å²) in [5, 5.41) is 5.52. The van der Waals surface area contributed by atoms with Crippen molar-refractivity contribution >= 4 is 29.3 Å². The van der Waals surface area contributed by atoms with Crippen LogP contribution in [0, 0.1) is 20.8 Å². The first-order chi connectivity index (χ1) is 21.0. The number of nitrogens with zero attached hydrogens (tertiary/aromatic N) is 2. The van der Waals surface area contributed by atoms with Crippen LogP contribution >= 0.6 is 0 Å². The molecule has 0 fully saturated rings. The minimum Gasteiger partial charge on any atom is -0.489 e. The van der Waals surface area contributed by atoms with Gasteiger partial charge in [-0.25, -0.2) is 4.98 Å². The molecule has 1 atom stereocenters. The predicted molar refractivity (Wildman–Crippen MR) is 166 cm³/mol. The Bertz CT molecular complexity index is 1710. The average molecular weight is 595 g/mol. The fourth-order valence-electron chi connectivity index (χ4n) is 5.04. The van der Waals surface area contributed by atoms with E-state index in [-0.39, 0.29) is 17.8 Å². The monoisotopic (exact) mass is 594 g/mol. The molecule has 2 aromatic heterocycles. The lowest BCUT2D eigenvalue weighted by Crippen LogP contribution is -2.42. The normalized spacial score (nSPS) is 15.4. The Balaban J connectivity index is 1.16. The van der Waals surface area contributed by atoms with Crippen molar-refractivity contribution in [3.05, 3.63) is 101 Å². The molecule has 1 aliphatic rings. The highest BCUT2D eigenvalue weighted by Gasteiger charge is 2.36. The van der Waals surface area contributed by atoms with Crippen LogP contribution in [0.5, 0.6) is 17.2 Å². The number of hydrogen-bond donors (Lipinski definition) is 2. The van der Waals surface area contributed by atoms with Crippen molar-refractivity contribution in [3.63, 3.8) is 0 Å². The summed E-state index contributed by atoms with van der Waals surface area (Å²) in [5.74, 6) is 1.38. The van der Waals surface area contributed by atoms with Gasteiger partial charge in [-0.15, -0.1) is 0 Å². The van der Waals surface area contributed by atoms with Crippen LogP contribution in [0.15, 0.2) is 67.1 Å². The van der Waals surface area contributed by atoms with Crippen LogP contribution in [0.1, 0.15) is 63.2 Å². The fourth-order valence-corrected chi connectivity index (χ4v) is 5.04. The van der Waals surface area contributed by atoms with Gasteiger partial charge in [0.05, 0.1) is 11.1 Å². The van der Waals surface area contributed by atoms with Gasteiger partial charge < -0.3 is 24.8 Å². The number of hydrogen-bond acceptors (Lipinski definition) is 8. The Kier molecular flexibility index (Phi) is 8.61. The molecule has 0 aliphatic carbocycles. The van der Waals surface area contributed by atoms with Gasteiger partial charge in [-0.1, -0.05) is 0 Å². The number of amides is 2. The van der Waals surface area contributed by atoms with E-state index in [1.54, 1.807) is 54.7 Å². The van der Waals surface area contributed by atoms with Gasteiger partial charge >= 0.3 is 5.97 Å². The van der Waals surface area contributed by atoms with Crippen LogP contribution in [0.25, 0.3) is 0 Å². The molecular weight excluding hydrogens is 560 g/mol. The zero-order valence-corrected chi connectivity index (χ0v) is 25.3. The van der Waals surface area contributed by atoms with E-state index < -0.39 is 5.60 Å². The maximum atomic E-state index is 12.8. The molecule has 3 heterocycles. The van der Waals surface area contributed by atoms with E-state index in [1.165, 1.54) is 19.3 Å². The van der Waals surface area contributed by atoms with Crippen molar-refractivity contribution in [1.29, 1.82) is 0 Å². The first kappa shape index (κ1) is 30.2. The number of carbonyl (C=O) groups excluding carboxylic acids is 3. The molecule has 1 unspecified atom stereocenters. The van der Waals surface area contributed by atoms with E-state index in [1.807, 2.05) is 27.7 Å². The van der Waals surface area contributed by atoms with E-state index in [0.717, 1.165) is 40.8 Å². The van der Waals surface area contributed by atoms with E-state index >= 15 is 0 Å². The summed E-state index contributed by atoms with van der Waals surface area (Å²) in [4.78, 5) is 44.8. The Hall–Kier alpha value is -5.25. The van der Waals surface area contributed by atoms with Gasteiger partial charge in [-0.2, -0.15) is 0 Å². The summed E-state index contributed by atoms with van der Waals surface area (Å²) in [6.45, 7) is 9.64. The van der Waals surface area contributed by atoms with Crippen LogP contribution in [0.2, 0.25) is 0 Å². The van der Waals surface area contributed by atoms with Crippen LogP contribution in [-0.4, -0.2) is 40.0 Å². The first-order valence-electron chi connectivity index (χ1n) is 14.2. The predicted octanol–water partition coefficient (Wildman–Crippen LogP) is 5.99. The summed E-state index contributed by atoms with van der Waals surface area (Å²) in [5.41, 5.74) is 4.61. The van der Waals surface area contributed by atoms with Gasteiger partial charge in [0.25, 0.3) is 11.8 Å². The quantitative estimate of drug-likeness (QED) is 0.188. The van der Waals surface area contributed by atoms with Crippen molar-refractivity contribution in [2.75, 3.05) is 17.2 Å². The molecule has 5 rings (SSSR count). The highest BCUT2D eigenvalue weighted by molar-refractivity contribution is 6.05. The van der Waals surface area contributed by atoms with Crippen LogP contribution in [-0.2, 0) is 11.2 Å². The summed E-state index contributed by atoms with van der Waals surface area (Å²) in [7, 11) is 0. The Morgan fingerprint density at radius 3 is 2.30 bits per heavy atom. The molecule has 0 spiro atoms. The van der Waals surface area contributed by atoms with E-state index in [0.29, 0.717) is 40.7 Å². The third-order valence-corrected chi connectivity index (χ3v) is 7.66. The third kappa shape index (κ3) is 6.70. The molecule has 0 saturated heterocycles. The minimum absolute atomic E-state index is 0.322. The smallest absolute Gasteiger partial charge is 0.308 e. The summed E-state index contributed by atoms with van der Waals surface area (Å²) >= 11 is 0. The Morgan fingerprint density at radius 1 is 0.909 bits per heavy atom. The number of esters is 1.